The lowest BCUT2D eigenvalue weighted by molar-refractivity contribution is 0.201. The molecule has 96 valence electrons. The highest BCUT2D eigenvalue weighted by Crippen LogP contribution is 2.28. The molecule has 2 unspecified atom stereocenters. The van der Waals surface area contributed by atoms with Crippen LogP contribution in [0.15, 0.2) is 18.2 Å². The van der Waals surface area contributed by atoms with Crippen LogP contribution in [0.2, 0.25) is 5.02 Å². The average molecular weight is 257 g/mol. The summed E-state index contributed by atoms with van der Waals surface area (Å²) in [5, 5.41) is 13.3. The molecule has 2 N–H and O–H groups in total. The Labute approximate surface area is 108 Å². The standard InChI is InChI=1S/C13H21ClN2O/c1-9(17)8-16(4)13-6-5-11(7-12(13)14)10(2)15-3/h5-7,9-10,15,17H,8H2,1-4H3. The van der Waals surface area contributed by atoms with Crippen LogP contribution in [0.3, 0.4) is 0 Å². The van der Waals surface area contributed by atoms with E-state index in [1.54, 1.807) is 6.92 Å². The van der Waals surface area contributed by atoms with E-state index >= 15 is 0 Å². The summed E-state index contributed by atoms with van der Waals surface area (Å²) in [7, 11) is 3.85. The van der Waals surface area contributed by atoms with E-state index in [0.29, 0.717) is 11.6 Å². The quantitative estimate of drug-likeness (QED) is 0.850. The van der Waals surface area contributed by atoms with E-state index in [1.807, 2.05) is 31.1 Å². The SMILES string of the molecule is CNC(C)c1ccc(N(C)CC(C)O)c(Cl)c1. The number of hydrogen-bond donors (Lipinski definition) is 2. The van der Waals surface area contributed by atoms with Crippen molar-refractivity contribution in [1.82, 2.24) is 5.32 Å². The van der Waals surface area contributed by atoms with Crippen molar-refractivity contribution in [2.24, 2.45) is 0 Å². The summed E-state index contributed by atoms with van der Waals surface area (Å²) in [5.74, 6) is 0. The number of benzene rings is 1. The number of rotatable bonds is 5. The summed E-state index contributed by atoms with van der Waals surface area (Å²) in [6.07, 6.45) is -0.369. The summed E-state index contributed by atoms with van der Waals surface area (Å²) < 4.78 is 0. The third-order valence-electron chi connectivity index (χ3n) is 2.85. The van der Waals surface area contributed by atoms with Crippen LogP contribution < -0.4 is 10.2 Å². The first kappa shape index (κ1) is 14.3. The Bertz CT molecular complexity index is 368. The molecule has 0 amide bonds. The minimum Gasteiger partial charge on any atom is -0.392 e. The second kappa shape index (κ2) is 6.24. The first-order valence-corrected chi connectivity index (χ1v) is 6.19. The molecular formula is C13H21ClN2O. The van der Waals surface area contributed by atoms with E-state index in [1.165, 1.54) is 0 Å². The van der Waals surface area contributed by atoms with Gasteiger partial charge in [0.2, 0.25) is 0 Å². The van der Waals surface area contributed by atoms with E-state index in [4.69, 9.17) is 11.6 Å². The topological polar surface area (TPSA) is 35.5 Å². The van der Waals surface area contributed by atoms with Crippen molar-refractivity contribution in [3.8, 4) is 0 Å². The van der Waals surface area contributed by atoms with Gasteiger partial charge in [-0.15, -0.1) is 0 Å². The molecule has 0 saturated carbocycles. The molecule has 0 aliphatic rings. The Morgan fingerprint density at radius 1 is 1.41 bits per heavy atom. The summed E-state index contributed by atoms with van der Waals surface area (Å²) in [6, 6.07) is 6.30. The van der Waals surface area contributed by atoms with E-state index in [-0.39, 0.29) is 12.1 Å². The Balaban J connectivity index is 2.89. The molecule has 1 rings (SSSR count). The predicted octanol–water partition coefficient (Wildman–Crippen LogP) is 2.44. The zero-order valence-electron chi connectivity index (χ0n) is 10.9. The monoisotopic (exact) mass is 256 g/mol. The number of aliphatic hydroxyl groups excluding tert-OH is 1. The molecule has 17 heavy (non-hydrogen) atoms. The minimum atomic E-state index is -0.369. The van der Waals surface area contributed by atoms with Crippen LogP contribution in [0.4, 0.5) is 5.69 Å². The fourth-order valence-corrected chi connectivity index (χ4v) is 2.10. The molecule has 0 radical (unpaired) electrons. The number of halogens is 1. The van der Waals surface area contributed by atoms with Crippen LogP contribution in [0.25, 0.3) is 0 Å². The lowest BCUT2D eigenvalue weighted by Crippen LogP contribution is -2.27. The van der Waals surface area contributed by atoms with Crippen molar-refractivity contribution in [3.63, 3.8) is 0 Å². The molecule has 0 bridgehead atoms. The smallest absolute Gasteiger partial charge is 0.0686 e. The molecule has 0 spiro atoms. The maximum atomic E-state index is 9.36. The maximum Gasteiger partial charge on any atom is 0.0686 e. The van der Waals surface area contributed by atoms with Crippen molar-refractivity contribution >= 4 is 17.3 Å². The van der Waals surface area contributed by atoms with E-state index in [2.05, 4.69) is 18.3 Å². The van der Waals surface area contributed by atoms with Crippen molar-refractivity contribution in [2.45, 2.75) is 26.0 Å². The molecule has 1 aromatic carbocycles. The Morgan fingerprint density at radius 3 is 2.53 bits per heavy atom. The summed E-state index contributed by atoms with van der Waals surface area (Å²) in [4.78, 5) is 1.96. The molecule has 0 heterocycles. The normalized spacial score (nSPS) is 14.5. The number of nitrogens with one attached hydrogen (secondary N) is 1. The first-order valence-electron chi connectivity index (χ1n) is 5.81. The zero-order chi connectivity index (χ0) is 13.0. The molecule has 0 aromatic heterocycles. The van der Waals surface area contributed by atoms with Crippen LogP contribution >= 0.6 is 11.6 Å². The van der Waals surface area contributed by atoms with Gasteiger partial charge in [0.15, 0.2) is 0 Å². The van der Waals surface area contributed by atoms with Gasteiger partial charge in [0, 0.05) is 19.6 Å². The number of likely N-dealkylation sites (N-methyl/N-ethyl adjacent to an activating group) is 1. The fraction of sp³-hybridized carbons (Fsp3) is 0.538. The second-order valence-electron chi connectivity index (χ2n) is 4.45. The average Bonchev–Trinajstić information content (AvgIpc) is 2.26. The van der Waals surface area contributed by atoms with Gasteiger partial charge in [0.05, 0.1) is 16.8 Å². The summed E-state index contributed by atoms with van der Waals surface area (Å²) in [6.45, 7) is 4.42. The summed E-state index contributed by atoms with van der Waals surface area (Å²) in [5.41, 5.74) is 2.10. The van der Waals surface area contributed by atoms with Crippen molar-refractivity contribution in [2.75, 3.05) is 25.5 Å². The molecule has 0 aliphatic carbocycles. The van der Waals surface area contributed by atoms with Gasteiger partial charge < -0.3 is 15.3 Å². The lowest BCUT2D eigenvalue weighted by Gasteiger charge is -2.23. The van der Waals surface area contributed by atoms with Crippen molar-refractivity contribution in [3.05, 3.63) is 28.8 Å². The number of nitrogens with zero attached hydrogens (tertiary/aromatic N) is 1. The highest BCUT2D eigenvalue weighted by Gasteiger charge is 2.10. The molecule has 3 nitrogen and oxygen atoms in total. The van der Waals surface area contributed by atoms with Gasteiger partial charge in [-0.1, -0.05) is 17.7 Å². The Morgan fingerprint density at radius 2 is 2.06 bits per heavy atom. The Kier molecular flexibility index (Phi) is 5.25. The second-order valence-corrected chi connectivity index (χ2v) is 4.86. The van der Waals surface area contributed by atoms with Crippen LogP contribution in [0.5, 0.6) is 0 Å². The number of aliphatic hydroxyl groups is 1. The first-order chi connectivity index (χ1) is 7.95. The van der Waals surface area contributed by atoms with E-state index in [0.717, 1.165) is 11.3 Å². The predicted molar refractivity (Wildman–Crippen MR) is 73.9 cm³/mol. The van der Waals surface area contributed by atoms with E-state index < -0.39 is 0 Å². The third kappa shape index (κ3) is 3.87. The minimum absolute atomic E-state index is 0.281. The van der Waals surface area contributed by atoms with Crippen molar-refractivity contribution in [1.29, 1.82) is 0 Å². The van der Waals surface area contributed by atoms with Crippen molar-refractivity contribution < 1.29 is 5.11 Å². The molecule has 1 aromatic rings. The number of anilines is 1. The van der Waals surface area contributed by atoms with Gasteiger partial charge >= 0.3 is 0 Å². The van der Waals surface area contributed by atoms with Gasteiger partial charge in [-0.25, -0.2) is 0 Å². The highest BCUT2D eigenvalue weighted by molar-refractivity contribution is 6.33. The van der Waals surface area contributed by atoms with E-state index in [9.17, 15) is 5.11 Å². The van der Waals surface area contributed by atoms with Crippen LogP contribution in [0.1, 0.15) is 25.5 Å². The van der Waals surface area contributed by atoms with Crippen LogP contribution in [-0.2, 0) is 0 Å². The zero-order valence-corrected chi connectivity index (χ0v) is 11.6. The van der Waals surface area contributed by atoms with Gasteiger partial charge in [-0.3, -0.25) is 0 Å². The summed E-state index contributed by atoms with van der Waals surface area (Å²) >= 11 is 6.26. The van der Waals surface area contributed by atoms with Gasteiger partial charge in [-0.05, 0) is 38.6 Å². The maximum absolute atomic E-state index is 9.36. The molecule has 0 aliphatic heterocycles. The van der Waals surface area contributed by atoms with Gasteiger partial charge in [0.1, 0.15) is 0 Å². The third-order valence-corrected chi connectivity index (χ3v) is 3.16. The van der Waals surface area contributed by atoms with Gasteiger partial charge in [-0.2, -0.15) is 0 Å². The molecule has 0 saturated heterocycles. The molecule has 4 heteroatoms. The molecular weight excluding hydrogens is 236 g/mol. The Hall–Kier alpha value is -0.770. The molecule has 0 fully saturated rings. The largest absolute Gasteiger partial charge is 0.392 e. The van der Waals surface area contributed by atoms with Gasteiger partial charge in [0.25, 0.3) is 0 Å². The van der Waals surface area contributed by atoms with Crippen LogP contribution in [-0.4, -0.2) is 31.9 Å². The lowest BCUT2D eigenvalue weighted by atomic mass is 10.1. The number of hydrogen-bond acceptors (Lipinski definition) is 3. The molecule has 2 atom stereocenters. The highest BCUT2D eigenvalue weighted by atomic mass is 35.5. The fourth-order valence-electron chi connectivity index (χ4n) is 1.76. The van der Waals surface area contributed by atoms with Crippen LogP contribution in [0, 0.1) is 0 Å².